The van der Waals surface area contributed by atoms with Crippen LogP contribution in [0.4, 0.5) is 0 Å². The molecule has 0 aliphatic rings. The molecule has 0 amide bonds. The van der Waals surface area contributed by atoms with Crippen LogP contribution >= 0.6 is 11.8 Å². The monoisotopic (exact) mass is 288 g/mol. The van der Waals surface area contributed by atoms with Crippen molar-refractivity contribution in [1.82, 2.24) is 0 Å². The van der Waals surface area contributed by atoms with Crippen LogP contribution in [-0.4, -0.2) is 32.1 Å². The number of rotatable bonds is 6. The largest absolute Gasteiger partial charge is 0.396 e. The van der Waals surface area contributed by atoms with Crippen molar-refractivity contribution in [3.63, 3.8) is 0 Å². The number of hydrogen-bond donors (Lipinski definition) is 1. The zero-order valence-electron chi connectivity index (χ0n) is 11.0. The van der Waals surface area contributed by atoms with Gasteiger partial charge in [-0.25, -0.2) is 8.42 Å². The molecule has 0 heterocycles. The van der Waals surface area contributed by atoms with Crippen molar-refractivity contribution < 1.29 is 13.5 Å². The molecule has 0 aromatic heterocycles. The van der Waals surface area contributed by atoms with Crippen molar-refractivity contribution in [2.24, 2.45) is 5.92 Å². The van der Waals surface area contributed by atoms with E-state index in [0.717, 1.165) is 11.3 Å². The van der Waals surface area contributed by atoms with Gasteiger partial charge < -0.3 is 5.11 Å². The first kappa shape index (κ1) is 15.5. The van der Waals surface area contributed by atoms with E-state index in [4.69, 9.17) is 5.11 Å². The highest BCUT2D eigenvalue weighted by atomic mass is 32.2. The first-order valence-corrected chi connectivity index (χ1v) is 8.81. The number of aliphatic hydroxyl groups excluding tert-OH is 1. The Hall–Kier alpha value is -0.520. The molecule has 1 aromatic rings. The summed E-state index contributed by atoms with van der Waals surface area (Å²) in [5, 5.41) is 9.26. The van der Waals surface area contributed by atoms with Crippen LogP contribution in [0.1, 0.15) is 24.7 Å². The Labute approximate surface area is 114 Å². The van der Waals surface area contributed by atoms with Crippen molar-refractivity contribution in [3.05, 3.63) is 29.8 Å². The van der Waals surface area contributed by atoms with Gasteiger partial charge in [0, 0.05) is 18.1 Å². The minimum atomic E-state index is -3.11. The molecule has 5 heteroatoms. The number of aliphatic hydroxyl groups is 1. The van der Waals surface area contributed by atoms with E-state index in [1.165, 1.54) is 6.26 Å². The van der Waals surface area contributed by atoms with E-state index in [-0.39, 0.29) is 12.5 Å². The van der Waals surface area contributed by atoms with Gasteiger partial charge in [0.2, 0.25) is 0 Å². The van der Waals surface area contributed by atoms with Gasteiger partial charge in [0.25, 0.3) is 0 Å². The highest BCUT2D eigenvalue weighted by Gasteiger charge is 2.11. The zero-order valence-corrected chi connectivity index (χ0v) is 12.6. The Morgan fingerprint density at radius 2 is 1.78 bits per heavy atom. The van der Waals surface area contributed by atoms with Gasteiger partial charge in [-0.1, -0.05) is 19.1 Å². The molecule has 0 radical (unpaired) electrons. The zero-order chi connectivity index (χ0) is 13.8. The fourth-order valence-corrected chi connectivity index (χ4v) is 3.15. The molecule has 0 aliphatic heterocycles. The van der Waals surface area contributed by atoms with E-state index in [1.54, 1.807) is 23.9 Å². The molecule has 2 atom stereocenters. The predicted molar refractivity (Wildman–Crippen MR) is 76.7 cm³/mol. The lowest BCUT2D eigenvalue weighted by Crippen LogP contribution is -2.05. The second-order valence-corrected chi connectivity index (χ2v) is 7.99. The van der Waals surface area contributed by atoms with Gasteiger partial charge in [-0.3, -0.25) is 0 Å². The van der Waals surface area contributed by atoms with Gasteiger partial charge in [-0.2, -0.15) is 11.8 Å². The fourth-order valence-electron chi connectivity index (χ4n) is 1.44. The van der Waals surface area contributed by atoms with Gasteiger partial charge in [0.1, 0.15) is 0 Å². The fraction of sp³-hybridized carbons (Fsp3) is 0.538. The summed E-state index contributed by atoms with van der Waals surface area (Å²) in [5.41, 5.74) is 1.11. The van der Waals surface area contributed by atoms with Crippen LogP contribution in [0.2, 0.25) is 0 Å². The Morgan fingerprint density at radius 1 is 1.22 bits per heavy atom. The number of thioether (sulfide) groups is 1. The van der Waals surface area contributed by atoms with Crippen LogP contribution in [0, 0.1) is 5.92 Å². The van der Waals surface area contributed by atoms with Gasteiger partial charge in [-0.15, -0.1) is 0 Å². The molecular weight excluding hydrogens is 268 g/mol. The van der Waals surface area contributed by atoms with Crippen LogP contribution < -0.4 is 0 Å². The molecule has 3 nitrogen and oxygen atoms in total. The van der Waals surface area contributed by atoms with Crippen LogP contribution in [-0.2, 0) is 9.84 Å². The smallest absolute Gasteiger partial charge is 0.175 e. The minimum Gasteiger partial charge on any atom is -0.396 e. The summed E-state index contributed by atoms with van der Waals surface area (Å²) < 4.78 is 22.7. The first-order valence-electron chi connectivity index (χ1n) is 5.87. The second kappa shape index (κ2) is 6.59. The number of benzene rings is 1. The van der Waals surface area contributed by atoms with Crippen molar-refractivity contribution >= 4 is 21.6 Å². The average Bonchev–Trinajstić information content (AvgIpc) is 2.34. The lowest BCUT2D eigenvalue weighted by molar-refractivity contribution is 0.250. The quantitative estimate of drug-likeness (QED) is 0.874. The maximum absolute atomic E-state index is 11.3. The molecule has 0 saturated carbocycles. The molecule has 0 spiro atoms. The molecule has 0 fully saturated rings. The average molecular weight is 288 g/mol. The Balaban J connectivity index is 2.68. The van der Waals surface area contributed by atoms with Gasteiger partial charge in [0.15, 0.2) is 9.84 Å². The summed E-state index contributed by atoms with van der Waals surface area (Å²) in [7, 11) is -3.11. The maximum atomic E-state index is 11.3. The standard InChI is InChI=1S/C13H20O3S2/c1-10(8-14)9-17-11(2)12-4-6-13(7-5-12)18(3,15)16/h4-7,10-11,14H,8-9H2,1-3H3/t10-,11+/m0/s1. The van der Waals surface area contributed by atoms with Gasteiger partial charge in [0.05, 0.1) is 4.90 Å². The van der Waals surface area contributed by atoms with E-state index in [9.17, 15) is 8.42 Å². The third-order valence-corrected chi connectivity index (χ3v) is 5.38. The SMILES string of the molecule is C[C@@H](CO)CS[C@H](C)c1ccc(S(C)(=O)=O)cc1. The Kier molecular flexibility index (Phi) is 5.69. The molecule has 1 N–H and O–H groups in total. The third-order valence-electron chi connectivity index (χ3n) is 2.72. The highest BCUT2D eigenvalue weighted by molar-refractivity contribution is 7.99. The minimum absolute atomic E-state index is 0.201. The molecule has 1 rings (SSSR count). The lowest BCUT2D eigenvalue weighted by atomic mass is 10.2. The van der Waals surface area contributed by atoms with E-state index < -0.39 is 9.84 Å². The summed E-state index contributed by atoms with van der Waals surface area (Å²) >= 11 is 1.77. The summed E-state index contributed by atoms with van der Waals surface area (Å²) in [6.07, 6.45) is 1.21. The molecule has 0 aliphatic carbocycles. The molecule has 1 aromatic carbocycles. The maximum Gasteiger partial charge on any atom is 0.175 e. The molecule has 0 bridgehead atoms. The van der Waals surface area contributed by atoms with Crippen molar-refractivity contribution in [1.29, 1.82) is 0 Å². The molecular formula is C13H20O3S2. The van der Waals surface area contributed by atoms with Crippen molar-refractivity contribution in [2.75, 3.05) is 18.6 Å². The van der Waals surface area contributed by atoms with Gasteiger partial charge in [-0.05, 0) is 36.3 Å². The Bertz CT molecular complexity index is 466. The van der Waals surface area contributed by atoms with Crippen LogP contribution in [0.25, 0.3) is 0 Å². The van der Waals surface area contributed by atoms with Crippen LogP contribution in [0.15, 0.2) is 29.2 Å². The van der Waals surface area contributed by atoms with Crippen LogP contribution in [0.3, 0.4) is 0 Å². The summed E-state index contributed by atoms with van der Waals surface area (Å²) in [4.78, 5) is 0.354. The van der Waals surface area contributed by atoms with E-state index in [0.29, 0.717) is 10.1 Å². The van der Waals surface area contributed by atoms with Crippen molar-refractivity contribution in [3.8, 4) is 0 Å². The second-order valence-electron chi connectivity index (χ2n) is 4.60. The predicted octanol–water partition coefficient (Wildman–Crippen LogP) is 2.51. The molecule has 0 unspecified atom stereocenters. The summed E-state index contributed by atoms with van der Waals surface area (Å²) in [6, 6.07) is 7.02. The highest BCUT2D eigenvalue weighted by Crippen LogP contribution is 2.30. The van der Waals surface area contributed by atoms with Gasteiger partial charge >= 0.3 is 0 Å². The summed E-state index contributed by atoms with van der Waals surface area (Å²) in [6.45, 7) is 4.30. The van der Waals surface area contributed by atoms with E-state index >= 15 is 0 Å². The lowest BCUT2D eigenvalue weighted by Gasteiger charge is -2.14. The summed E-state index contributed by atoms with van der Waals surface area (Å²) in [5.74, 6) is 1.18. The molecule has 0 saturated heterocycles. The number of sulfone groups is 1. The molecule has 18 heavy (non-hydrogen) atoms. The molecule has 102 valence electrons. The van der Waals surface area contributed by atoms with Crippen LogP contribution in [0.5, 0.6) is 0 Å². The van der Waals surface area contributed by atoms with E-state index in [2.05, 4.69) is 6.92 Å². The first-order chi connectivity index (χ1) is 8.34. The van der Waals surface area contributed by atoms with E-state index in [1.807, 2.05) is 19.1 Å². The Morgan fingerprint density at radius 3 is 2.22 bits per heavy atom. The van der Waals surface area contributed by atoms with Crippen molar-refractivity contribution in [2.45, 2.75) is 24.0 Å². The number of hydrogen-bond acceptors (Lipinski definition) is 4. The normalized spacial score (nSPS) is 15.3. The topological polar surface area (TPSA) is 54.4 Å². The third kappa shape index (κ3) is 4.63.